The molecular weight excluding hydrogens is 454 g/mol. The first kappa shape index (κ1) is 25.7. The molecule has 0 aromatic heterocycles. The van der Waals surface area contributed by atoms with Crippen molar-refractivity contribution in [1.82, 2.24) is 0 Å². The first-order chi connectivity index (χ1) is 17.7. The fraction of sp³-hybridized carbons (Fsp3) is 0.483. The Labute approximate surface area is 213 Å². The number of benzene rings is 2. The molecule has 0 saturated heterocycles. The highest BCUT2D eigenvalue weighted by Crippen LogP contribution is 2.42. The van der Waals surface area contributed by atoms with Crippen molar-refractivity contribution in [2.24, 2.45) is 17.0 Å². The maximum Gasteiger partial charge on any atom is 0.262 e. The van der Waals surface area contributed by atoms with Crippen molar-refractivity contribution in [2.45, 2.75) is 58.0 Å². The molecule has 2 bridgehead atoms. The number of ether oxygens (including phenoxy) is 2. The lowest BCUT2D eigenvalue weighted by Gasteiger charge is -2.42. The summed E-state index contributed by atoms with van der Waals surface area (Å²) >= 11 is 0. The van der Waals surface area contributed by atoms with E-state index in [0.29, 0.717) is 29.7 Å². The molecule has 0 aliphatic heterocycles. The van der Waals surface area contributed by atoms with Crippen molar-refractivity contribution >= 4 is 17.3 Å². The molecule has 1 atom stereocenters. The molecule has 190 valence electrons. The van der Waals surface area contributed by atoms with E-state index in [2.05, 4.69) is 16.5 Å². The van der Waals surface area contributed by atoms with Crippen LogP contribution in [-0.4, -0.2) is 37.5 Å². The number of carbonyl (C=O) groups is 1. The van der Waals surface area contributed by atoms with Gasteiger partial charge in [0.1, 0.15) is 18.4 Å². The average Bonchev–Trinajstić information content (AvgIpc) is 2.93. The van der Waals surface area contributed by atoms with E-state index >= 15 is 0 Å². The Morgan fingerprint density at radius 1 is 1.08 bits per heavy atom. The molecule has 5 rings (SSSR count). The number of nitrogens with zero attached hydrogens (tertiary/aromatic N) is 2. The molecule has 2 aromatic rings. The van der Waals surface area contributed by atoms with Crippen molar-refractivity contribution in [3.8, 4) is 11.8 Å². The van der Waals surface area contributed by atoms with Crippen molar-refractivity contribution in [1.29, 1.82) is 5.26 Å². The molecule has 3 aliphatic rings. The Morgan fingerprint density at radius 3 is 2.56 bits per heavy atom. The zero-order valence-corrected chi connectivity index (χ0v) is 20.9. The van der Waals surface area contributed by atoms with Gasteiger partial charge in [0.05, 0.1) is 29.7 Å². The van der Waals surface area contributed by atoms with E-state index in [0.717, 1.165) is 42.6 Å². The van der Waals surface area contributed by atoms with Crippen molar-refractivity contribution in [3.63, 3.8) is 0 Å². The molecule has 7 nitrogen and oxygen atoms in total. The van der Waals surface area contributed by atoms with E-state index in [1.807, 2.05) is 31.2 Å². The van der Waals surface area contributed by atoms with Gasteiger partial charge in [-0.1, -0.05) is 24.2 Å². The monoisotopic (exact) mass is 489 g/mol. The predicted molar refractivity (Wildman–Crippen MR) is 139 cm³/mol. The lowest BCUT2D eigenvalue weighted by molar-refractivity contribution is -0.118. The van der Waals surface area contributed by atoms with Gasteiger partial charge in [-0.25, -0.2) is 0 Å². The number of nitriles is 1. The number of para-hydroxylation sites is 1. The highest BCUT2D eigenvalue weighted by atomic mass is 16.6. The Bertz CT molecular complexity index is 1070. The number of rotatable bonds is 12. The number of hydrogen-bond donors (Lipinski definition) is 1. The van der Waals surface area contributed by atoms with Crippen LogP contribution >= 0.6 is 0 Å². The number of hydrogen-bond acceptors (Lipinski definition) is 6. The van der Waals surface area contributed by atoms with Crippen LogP contribution in [0.15, 0.2) is 53.7 Å². The molecule has 3 fully saturated rings. The first-order valence-electron chi connectivity index (χ1n) is 13.0. The van der Waals surface area contributed by atoms with Crippen LogP contribution in [0.2, 0.25) is 0 Å². The summed E-state index contributed by atoms with van der Waals surface area (Å²) < 4.78 is 11.7. The van der Waals surface area contributed by atoms with Crippen LogP contribution in [0.1, 0.15) is 63.0 Å². The highest BCUT2D eigenvalue weighted by Gasteiger charge is 2.35. The van der Waals surface area contributed by atoms with Gasteiger partial charge in [-0.15, -0.1) is 0 Å². The van der Waals surface area contributed by atoms with E-state index in [-0.39, 0.29) is 12.5 Å². The molecule has 7 heteroatoms. The number of oxime groups is 1. The topological polar surface area (TPSA) is 92.9 Å². The zero-order valence-electron chi connectivity index (χ0n) is 20.9. The quantitative estimate of drug-likeness (QED) is 0.235. The van der Waals surface area contributed by atoms with Gasteiger partial charge in [0, 0.05) is 6.42 Å². The van der Waals surface area contributed by atoms with Gasteiger partial charge in [-0.2, -0.15) is 5.26 Å². The lowest BCUT2D eigenvalue weighted by Crippen LogP contribution is -2.37. The molecule has 1 N–H and O–H groups in total. The fourth-order valence-electron chi connectivity index (χ4n) is 5.09. The standard InChI is InChI=1S/C29H35N3O4/c1-2-26(32-36-17-5-16-34-28-18-21-8-10-23(28)11-9-21)22-12-14-25(15-13-22)35-20-29(33)31-27-7-4-3-6-24(27)19-30/h3-4,6-7,12-15,21,23,28H,2,5,8-11,16-18,20H2,1H3,(H,31,33). The predicted octanol–water partition coefficient (Wildman–Crippen LogP) is 5.69. The minimum absolute atomic E-state index is 0.152. The maximum absolute atomic E-state index is 12.2. The summed E-state index contributed by atoms with van der Waals surface area (Å²) in [6.45, 7) is 3.15. The van der Waals surface area contributed by atoms with Crippen LogP contribution in [0.5, 0.6) is 5.75 Å². The number of fused-ring (bicyclic) bond motifs is 3. The second-order valence-electron chi connectivity index (χ2n) is 9.52. The maximum atomic E-state index is 12.2. The third kappa shape index (κ3) is 7.08. The third-order valence-electron chi connectivity index (χ3n) is 7.08. The molecule has 36 heavy (non-hydrogen) atoms. The molecule has 0 radical (unpaired) electrons. The summed E-state index contributed by atoms with van der Waals surface area (Å²) in [7, 11) is 0. The number of carbonyl (C=O) groups excluding carboxylic acids is 1. The largest absolute Gasteiger partial charge is 0.484 e. The average molecular weight is 490 g/mol. The van der Waals surface area contributed by atoms with Crippen molar-refractivity contribution in [2.75, 3.05) is 25.1 Å². The zero-order chi connectivity index (χ0) is 25.2. The number of amides is 1. The van der Waals surface area contributed by atoms with Gasteiger partial charge in [0.2, 0.25) is 0 Å². The van der Waals surface area contributed by atoms with Crippen LogP contribution < -0.4 is 10.1 Å². The van der Waals surface area contributed by atoms with E-state index < -0.39 is 0 Å². The summed E-state index contributed by atoms with van der Waals surface area (Å²) in [4.78, 5) is 17.8. The van der Waals surface area contributed by atoms with Gasteiger partial charge in [-0.3, -0.25) is 4.79 Å². The van der Waals surface area contributed by atoms with Gasteiger partial charge in [0.15, 0.2) is 6.61 Å². The van der Waals surface area contributed by atoms with Gasteiger partial charge >= 0.3 is 0 Å². The molecule has 1 amide bonds. The minimum atomic E-state index is -0.328. The minimum Gasteiger partial charge on any atom is -0.484 e. The second-order valence-corrected chi connectivity index (χ2v) is 9.52. The van der Waals surface area contributed by atoms with Crippen LogP contribution in [0.25, 0.3) is 0 Å². The van der Waals surface area contributed by atoms with E-state index in [9.17, 15) is 4.79 Å². The first-order valence-corrected chi connectivity index (χ1v) is 13.0. The molecule has 0 heterocycles. The number of anilines is 1. The van der Waals surface area contributed by atoms with E-state index in [1.165, 1.54) is 32.1 Å². The SMILES string of the molecule is CCC(=NOCCCOC1CC2CCC1CC2)c1ccc(OCC(=O)Nc2ccccc2C#N)cc1. The molecular formula is C29H35N3O4. The molecule has 3 aliphatic carbocycles. The van der Waals surface area contributed by atoms with Crippen LogP contribution in [0.3, 0.4) is 0 Å². The third-order valence-corrected chi connectivity index (χ3v) is 7.08. The Balaban J connectivity index is 1.17. The number of nitrogens with one attached hydrogen (secondary N) is 1. The lowest BCUT2D eigenvalue weighted by atomic mass is 9.69. The van der Waals surface area contributed by atoms with Crippen molar-refractivity contribution < 1.29 is 19.1 Å². The van der Waals surface area contributed by atoms with Gasteiger partial charge in [0.25, 0.3) is 5.91 Å². The smallest absolute Gasteiger partial charge is 0.262 e. The summed E-state index contributed by atoms with van der Waals surface area (Å²) in [6.07, 6.45) is 8.72. The molecule has 1 unspecified atom stereocenters. The fourth-order valence-corrected chi connectivity index (χ4v) is 5.09. The Hall–Kier alpha value is -3.37. The normalized spacial score (nSPS) is 21.0. The van der Waals surface area contributed by atoms with E-state index in [1.54, 1.807) is 24.3 Å². The molecule has 3 saturated carbocycles. The van der Waals surface area contributed by atoms with Crippen LogP contribution in [0.4, 0.5) is 5.69 Å². The molecule has 2 aromatic carbocycles. The molecule has 0 spiro atoms. The second kappa shape index (κ2) is 13.1. The van der Waals surface area contributed by atoms with Crippen LogP contribution in [0, 0.1) is 23.2 Å². The summed E-state index contributed by atoms with van der Waals surface area (Å²) in [5.74, 6) is 1.90. The highest BCUT2D eigenvalue weighted by molar-refractivity contribution is 6.00. The van der Waals surface area contributed by atoms with Gasteiger partial charge in [-0.05, 0) is 92.3 Å². The Morgan fingerprint density at radius 2 is 1.86 bits per heavy atom. The Kier molecular flexibility index (Phi) is 9.34. The van der Waals surface area contributed by atoms with Crippen molar-refractivity contribution in [3.05, 3.63) is 59.7 Å². The van der Waals surface area contributed by atoms with E-state index in [4.69, 9.17) is 19.6 Å². The summed E-state index contributed by atoms with van der Waals surface area (Å²) in [6, 6.07) is 16.3. The summed E-state index contributed by atoms with van der Waals surface area (Å²) in [5.41, 5.74) is 2.69. The van der Waals surface area contributed by atoms with Gasteiger partial charge < -0.3 is 19.6 Å². The summed E-state index contributed by atoms with van der Waals surface area (Å²) in [5, 5.41) is 16.2. The van der Waals surface area contributed by atoms with Crippen LogP contribution in [-0.2, 0) is 14.4 Å².